The summed E-state index contributed by atoms with van der Waals surface area (Å²) in [6.07, 6.45) is 1.59. The summed E-state index contributed by atoms with van der Waals surface area (Å²) in [5.41, 5.74) is 0.0217. The summed E-state index contributed by atoms with van der Waals surface area (Å²) in [5.74, 6) is -2.31. The summed E-state index contributed by atoms with van der Waals surface area (Å²) in [6, 6.07) is 4.77. The number of hydrogen-bond donors (Lipinski definition) is 0. The zero-order chi connectivity index (χ0) is 23.3. The van der Waals surface area contributed by atoms with Crippen LogP contribution >= 0.6 is 11.3 Å². The standard InChI is InChI=1S/C22H23F2N5O3S/c1-12-7-27(8-13(2)32-12)10-15-6-16-20-25-11-26-29(20)22(30)28(21(16)33-15)9-14-4-5-17(31-3)19(24)18(14)23/h4-6,11-13H,7-10H2,1-3H3/t12-,13+. The lowest BCUT2D eigenvalue weighted by molar-refractivity contribution is -0.0702. The van der Waals surface area contributed by atoms with Gasteiger partial charge in [0.25, 0.3) is 0 Å². The molecule has 0 N–H and O–H groups in total. The van der Waals surface area contributed by atoms with E-state index in [-0.39, 0.29) is 30.1 Å². The molecule has 1 aromatic carbocycles. The molecule has 0 bridgehead atoms. The van der Waals surface area contributed by atoms with Gasteiger partial charge >= 0.3 is 5.69 Å². The molecule has 0 amide bonds. The van der Waals surface area contributed by atoms with Crippen molar-refractivity contribution in [2.45, 2.75) is 39.1 Å². The Morgan fingerprint density at radius 2 is 1.94 bits per heavy atom. The van der Waals surface area contributed by atoms with Gasteiger partial charge in [-0.2, -0.15) is 14.0 Å². The van der Waals surface area contributed by atoms with Crippen LogP contribution in [-0.4, -0.2) is 56.5 Å². The van der Waals surface area contributed by atoms with Crippen LogP contribution in [0.5, 0.6) is 5.75 Å². The van der Waals surface area contributed by atoms with Crippen LogP contribution in [0, 0.1) is 11.6 Å². The van der Waals surface area contributed by atoms with Crippen LogP contribution in [0.3, 0.4) is 0 Å². The number of benzene rings is 1. The number of hydrogen-bond acceptors (Lipinski definition) is 7. The predicted octanol–water partition coefficient (Wildman–Crippen LogP) is 3.05. The summed E-state index contributed by atoms with van der Waals surface area (Å²) in [7, 11) is 1.27. The molecule has 1 aliphatic heterocycles. The fourth-order valence-electron chi connectivity index (χ4n) is 4.43. The third-order valence-electron chi connectivity index (χ3n) is 5.76. The van der Waals surface area contributed by atoms with Gasteiger partial charge in [-0.05, 0) is 26.0 Å². The highest BCUT2D eigenvalue weighted by Gasteiger charge is 2.24. The molecule has 1 saturated heterocycles. The van der Waals surface area contributed by atoms with Gasteiger partial charge in [-0.15, -0.1) is 11.3 Å². The van der Waals surface area contributed by atoms with Crippen molar-refractivity contribution in [2.75, 3.05) is 20.2 Å². The van der Waals surface area contributed by atoms with Crippen LogP contribution in [-0.2, 0) is 17.8 Å². The molecule has 33 heavy (non-hydrogen) atoms. The average molecular weight is 476 g/mol. The highest BCUT2D eigenvalue weighted by molar-refractivity contribution is 7.18. The van der Waals surface area contributed by atoms with E-state index in [2.05, 4.69) is 15.0 Å². The van der Waals surface area contributed by atoms with E-state index >= 15 is 0 Å². The molecule has 2 atom stereocenters. The van der Waals surface area contributed by atoms with Gasteiger partial charge in [0.05, 0.1) is 31.2 Å². The Labute approximate surface area is 192 Å². The Morgan fingerprint density at radius 1 is 1.18 bits per heavy atom. The fourth-order valence-corrected chi connectivity index (χ4v) is 5.62. The molecule has 8 nitrogen and oxygen atoms in total. The number of fused-ring (bicyclic) bond motifs is 3. The van der Waals surface area contributed by atoms with Crippen molar-refractivity contribution in [3.63, 3.8) is 0 Å². The van der Waals surface area contributed by atoms with Gasteiger partial charge in [0.1, 0.15) is 11.2 Å². The average Bonchev–Trinajstić information content (AvgIpc) is 3.40. The first-order chi connectivity index (χ1) is 15.9. The van der Waals surface area contributed by atoms with Crippen LogP contribution in [0.4, 0.5) is 8.78 Å². The van der Waals surface area contributed by atoms with Gasteiger partial charge in [0.2, 0.25) is 5.82 Å². The third kappa shape index (κ3) is 3.90. The van der Waals surface area contributed by atoms with Crippen molar-refractivity contribution in [2.24, 2.45) is 0 Å². The topological polar surface area (TPSA) is 73.9 Å². The third-order valence-corrected chi connectivity index (χ3v) is 6.90. The van der Waals surface area contributed by atoms with Gasteiger partial charge in [-0.25, -0.2) is 14.2 Å². The maximum atomic E-state index is 14.7. The quantitative estimate of drug-likeness (QED) is 0.442. The Morgan fingerprint density at radius 3 is 2.67 bits per heavy atom. The van der Waals surface area contributed by atoms with Gasteiger partial charge in [-0.3, -0.25) is 9.47 Å². The first kappa shape index (κ1) is 21.9. The number of ether oxygens (including phenoxy) is 2. The van der Waals surface area contributed by atoms with E-state index in [4.69, 9.17) is 9.47 Å². The summed E-state index contributed by atoms with van der Waals surface area (Å²) >= 11 is 1.45. The van der Waals surface area contributed by atoms with Gasteiger partial charge in [-0.1, -0.05) is 6.07 Å². The number of thiophene rings is 1. The van der Waals surface area contributed by atoms with Crippen LogP contribution in [0.2, 0.25) is 0 Å². The maximum Gasteiger partial charge on any atom is 0.352 e. The van der Waals surface area contributed by atoms with Crippen molar-refractivity contribution in [1.82, 2.24) is 24.1 Å². The fraction of sp³-hybridized carbons (Fsp3) is 0.409. The van der Waals surface area contributed by atoms with E-state index < -0.39 is 17.3 Å². The molecule has 0 spiro atoms. The molecule has 0 saturated carbocycles. The number of halogens is 2. The first-order valence-electron chi connectivity index (χ1n) is 10.6. The summed E-state index contributed by atoms with van der Waals surface area (Å²) in [4.78, 5) is 21.4. The van der Waals surface area contributed by atoms with E-state index in [1.165, 1.54) is 46.0 Å². The zero-order valence-electron chi connectivity index (χ0n) is 18.4. The Hall–Kier alpha value is -2.89. The van der Waals surface area contributed by atoms with Crippen molar-refractivity contribution >= 4 is 27.2 Å². The zero-order valence-corrected chi connectivity index (χ0v) is 19.2. The van der Waals surface area contributed by atoms with E-state index in [1.807, 2.05) is 19.9 Å². The number of nitrogens with zero attached hydrogens (tertiary/aromatic N) is 5. The van der Waals surface area contributed by atoms with E-state index in [9.17, 15) is 13.6 Å². The smallest absolute Gasteiger partial charge is 0.352 e. The minimum absolute atomic E-state index is 0.0435. The number of aromatic nitrogens is 4. The van der Waals surface area contributed by atoms with Crippen LogP contribution in [0.25, 0.3) is 15.9 Å². The lowest BCUT2D eigenvalue weighted by Gasteiger charge is -2.34. The molecule has 5 rings (SSSR count). The highest BCUT2D eigenvalue weighted by atomic mass is 32.1. The van der Waals surface area contributed by atoms with Gasteiger partial charge < -0.3 is 9.47 Å². The van der Waals surface area contributed by atoms with Gasteiger partial charge in [0.15, 0.2) is 17.2 Å². The van der Waals surface area contributed by atoms with E-state index in [0.29, 0.717) is 17.0 Å². The Kier molecular flexibility index (Phi) is 5.63. The second-order valence-corrected chi connectivity index (χ2v) is 9.42. The minimum atomic E-state index is -1.08. The maximum absolute atomic E-state index is 14.7. The molecule has 4 heterocycles. The predicted molar refractivity (Wildman–Crippen MR) is 120 cm³/mol. The van der Waals surface area contributed by atoms with Crippen molar-refractivity contribution in [3.05, 3.63) is 57.1 Å². The monoisotopic (exact) mass is 475 g/mol. The Balaban J connectivity index is 1.59. The molecule has 0 radical (unpaired) electrons. The van der Waals surface area contributed by atoms with Crippen molar-refractivity contribution in [3.8, 4) is 5.75 Å². The number of methoxy groups -OCH3 is 1. The highest BCUT2D eigenvalue weighted by Crippen LogP contribution is 2.30. The molecular formula is C22H23F2N5O3S. The van der Waals surface area contributed by atoms with Crippen molar-refractivity contribution < 1.29 is 18.3 Å². The van der Waals surface area contributed by atoms with E-state index in [0.717, 1.165) is 23.4 Å². The lowest BCUT2D eigenvalue weighted by Crippen LogP contribution is -2.44. The second-order valence-electron chi connectivity index (χ2n) is 8.30. The summed E-state index contributed by atoms with van der Waals surface area (Å²) < 4.78 is 42.2. The molecular weight excluding hydrogens is 452 g/mol. The van der Waals surface area contributed by atoms with Crippen LogP contribution in [0.15, 0.2) is 29.3 Å². The normalized spacial score (nSPS) is 19.5. The van der Waals surface area contributed by atoms with Crippen molar-refractivity contribution in [1.29, 1.82) is 0 Å². The first-order valence-corrected chi connectivity index (χ1v) is 11.4. The van der Waals surface area contributed by atoms with Crippen LogP contribution < -0.4 is 10.4 Å². The van der Waals surface area contributed by atoms with Crippen LogP contribution in [0.1, 0.15) is 24.3 Å². The SMILES string of the molecule is COc1ccc(Cn2c(=O)n3ncnc3c3cc(CN4C[C@@H](C)O[C@@H](C)C4)sc32)c(F)c1F. The molecule has 0 unspecified atom stereocenters. The van der Waals surface area contributed by atoms with E-state index in [1.54, 1.807) is 0 Å². The molecule has 4 aromatic rings. The molecule has 0 aliphatic carbocycles. The number of morpholine rings is 1. The molecule has 1 fully saturated rings. The second kappa shape index (κ2) is 8.47. The lowest BCUT2D eigenvalue weighted by atomic mass is 10.2. The molecule has 1 aliphatic rings. The molecule has 3 aromatic heterocycles. The number of rotatable bonds is 5. The minimum Gasteiger partial charge on any atom is -0.494 e. The largest absolute Gasteiger partial charge is 0.494 e. The van der Waals surface area contributed by atoms with Gasteiger partial charge in [0, 0.05) is 30.1 Å². The molecule has 174 valence electrons. The molecule has 11 heteroatoms. The summed E-state index contributed by atoms with van der Waals surface area (Å²) in [5, 5.41) is 4.79. The summed E-state index contributed by atoms with van der Waals surface area (Å²) in [6.45, 7) is 6.26. The Bertz CT molecular complexity index is 1390.